The van der Waals surface area contributed by atoms with E-state index in [0.29, 0.717) is 13.1 Å². The maximum absolute atomic E-state index is 12.4. The lowest BCUT2D eigenvalue weighted by Crippen LogP contribution is -2.34. The van der Waals surface area contributed by atoms with Crippen LogP contribution in [0.25, 0.3) is 0 Å². The molecule has 1 atom stereocenters. The minimum atomic E-state index is -3.70. The van der Waals surface area contributed by atoms with Crippen LogP contribution in [0.5, 0.6) is 0 Å². The number of nitrogens with zero attached hydrogens (tertiary/aromatic N) is 3. The topological polar surface area (TPSA) is 83.8 Å². The van der Waals surface area contributed by atoms with E-state index in [1.165, 1.54) is 4.31 Å². The Morgan fingerprint density at radius 2 is 2.20 bits per heavy atom. The molecule has 0 amide bonds. The van der Waals surface area contributed by atoms with E-state index in [0.717, 1.165) is 23.8 Å². The number of hydrogen-bond acceptors (Lipinski definition) is 6. The molecule has 2 rings (SSSR count). The highest BCUT2D eigenvalue weighted by atomic mass is 35.5. The molecule has 20 heavy (non-hydrogen) atoms. The van der Waals surface area contributed by atoms with E-state index in [2.05, 4.69) is 0 Å². The highest BCUT2D eigenvalue weighted by molar-refractivity contribution is 7.91. The molecule has 1 aromatic rings. The molecular weight excluding hydrogens is 326 g/mol. The molecule has 1 saturated heterocycles. The van der Waals surface area contributed by atoms with Gasteiger partial charge in [0.15, 0.2) is 4.34 Å². The molecule has 0 aliphatic carbocycles. The summed E-state index contributed by atoms with van der Waals surface area (Å²) in [5, 5.41) is 10.7. The van der Waals surface area contributed by atoms with Crippen molar-refractivity contribution in [3.05, 3.63) is 20.5 Å². The predicted octanol–water partition coefficient (Wildman–Crippen LogP) is 1.63. The van der Waals surface area contributed by atoms with Gasteiger partial charge in [-0.05, 0) is 20.5 Å². The minimum absolute atomic E-state index is 0.0754. The number of rotatable bonds is 4. The van der Waals surface area contributed by atoms with Crippen LogP contribution in [-0.4, -0.2) is 55.8 Å². The Morgan fingerprint density at radius 3 is 2.65 bits per heavy atom. The van der Waals surface area contributed by atoms with Crippen molar-refractivity contribution in [2.24, 2.45) is 0 Å². The number of nitro groups is 1. The van der Waals surface area contributed by atoms with Crippen LogP contribution >= 0.6 is 22.9 Å². The first kappa shape index (κ1) is 15.6. The number of likely N-dealkylation sites (N-methyl/N-ethyl adjacent to an activating group) is 1. The van der Waals surface area contributed by atoms with Crippen LogP contribution < -0.4 is 0 Å². The van der Waals surface area contributed by atoms with Crippen LogP contribution in [0.15, 0.2) is 10.3 Å². The average Bonchev–Trinajstić information content (AvgIpc) is 2.94. The zero-order chi connectivity index (χ0) is 15.1. The lowest BCUT2D eigenvalue weighted by molar-refractivity contribution is -0.384. The third kappa shape index (κ3) is 2.82. The number of halogens is 1. The molecule has 0 saturated carbocycles. The molecule has 0 radical (unpaired) electrons. The second-order valence-corrected chi connectivity index (χ2v) is 8.57. The molecule has 1 fully saturated rings. The van der Waals surface area contributed by atoms with Crippen molar-refractivity contribution in [1.82, 2.24) is 9.21 Å². The molecule has 1 unspecified atom stereocenters. The van der Waals surface area contributed by atoms with Crippen molar-refractivity contribution in [2.75, 3.05) is 27.2 Å². The first-order valence-electron chi connectivity index (χ1n) is 5.83. The second kappa shape index (κ2) is 5.57. The lowest BCUT2D eigenvalue weighted by Gasteiger charge is -2.19. The largest absolute Gasteiger partial charge is 0.305 e. The lowest BCUT2D eigenvalue weighted by atomic mass is 10.2. The van der Waals surface area contributed by atoms with Crippen LogP contribution in [0.2, 0.25) is 4.34 Å². The first-order chi connectivity index (χ1) is 9.23. The van der Waals surface area contributed by atoms with Gasteiger partial charge >= 0.3 is 0 Å². The fraction of sp³-hybridized carbons (Fsp3) is 0.600. The van der Waals surface area contributed by atoms with Gasteiger partial charge in [0.1, 0.15) is 4.21 Å². The maximum Gasteiger partial charge on any atom is 0.300 e. The Bertz CT molecular complexity index is 628. The predicted molar refractivity (Wildman–Crippen MR) is 76.8 cm³/mol. The van der Waals surface area contributed by atoms with Crippen LogP contribution in [-0.2, 0) is 10.0 Å². The molecule has 1 aliphatic heterocycles. The molecule has 2 heterocycles. The van der Waals surface area contributed by atoms with Gasteiger partial charge in [-0.2, -0.15) is 4.31 Å². The SMILES string of the molecule is CN(C)C1CCN(S(=O)(=O)c2cc([N+](=O)[O-])c(Cl)s2)C1. The van der Waals surface area contributed by atoms with Gasteiger partial charge in [-0.15, -0.1) is 11.3 Å². The fourth-order valence-corrected chi connectivity index (χ4v) is 5.38. The Balaban J connectivity index is 2.28. The van der Waals surface area contributed by atoms with Gasteiger partial charge in [-0.1, -0.05) is 11.6 Å². The van der Waals surface area contributed by atoms with Gasteiger partial charge in [0, 0.05) is 25.2 Å². The van der Waals surface area contributed by atoms with E-state index in [9.17, 15) is 18.5 Å². The Kier molecular flexibility index (Phi) is 4.35. The van der Waals surface area contributed by atoms with Gasteiger partial charge in [0.05, 0.1) is 4.92 Å². The number of hydrogen-bond donors (Lipinski definition) is 0. The van der Waals surface area contributed by atoms with Crippen molar-refractivity contribution >= 4 is 38.6 Å². The van der Waals surface area contributed by atoms with Crippen molar-refractivity contribution in [2.45, 2.75) is 16.7 Å². The standard InChI is InChI=1S/C10H14ClN3O4S2/c1-12(2)7-3-4-13(6-7)20(17,18)9-5-8(14(15)16)10(11)19-9/h5,7H,3-4,6H2,1-2H3. The number of sulfonamides is 1. The van der Waals surface area contributed by atoms with Crippen LogP contribution in [0.4, 0.5) is 5.69 Å². The molecule has 0 N–H and O–H groups in total. The van der Waals surface area contributed by atoms with Crippen LogP contribution in [0.1, 0.15) is 6.42 Å². The zero-order valence-electron chi connectivity index (χ0n) is 10.9. The molecular formula is C10H14ClN3O4S2. The van der Waals surface area contributed by atoms with E-state index in [1.54, 1.807) is 0 Å². The summed E-state index contributed by atoms with van der Waals surface area (Å²) in [6.07, 6.45) is 0.743. The summed E-state index contributed by atoms with van der Waals surface area (Å²) in [6.45, 7) is 0.799. The summed E-state index contributed by atoms with van der Waals surface area (Å²) in [5.41, 5.74) is -0.362. The third-order valence-electron chi connectivity index (χ3n) is 3.29. The second-order valence-electron chi connectivity index (χ2n) is 4.75. The molecule has 0 bridgehead atoms. The molecule has 112 valence electrons. The summed E-state index contributed by atoms with van der Waals surface area (Å²) < 4.78 is 26.0. The van der Waals surface area contributed by atoms with Crippen LogP contribution in [0.3, 0.4) is 0 Å². The molecule has 10 heteroatoms. The minimum Gasteiger partial charge on any atom is -0.305 e. The van der Waals surface area contributed by atoms with Crippen molar-refractivity contribution in [3.8, 4) is 0 Å². The highest BCUT2D eigenvalue weighted by Gasteiger charge is 2.36. The van der Waals surface area contributed by atoms with Crippen molar-refractivity contribution < 1.29 is 13.3 Å². The van der Waals surface area contributed by atoms with E-state index in [1.807, 2.05) is 19.0 Å². The van der Waals surface area contributed by atoms with Gasteiger partial charge in [-0.25, -0.2) is 8.42 Å². The maximum atomic E-state index is 12.4. The van der Waals surface area contributed by atoms with Gasteiger partial charge in [0.2, 0.25) is 0 Å². The molecule has 0 spiro atoms. The number of thiophene rings is 1. The summed E-state index contributed by atoms with van der Waals surface area (Å²) in [7, 11) is 0.0889. The average molecular weight is 340 g/mol. The Hall–Kier alpha value is -0.740. The smallest absolute Gasteiger partial charge is 0.300 e. The Labute approximate surface area is 125 Å². The quantitative estimate of drug-likeness (QED) is 0.615. The fourth-order valence-electron chi connectivity index (χ4n) is 2.07. The van der Waals surface area contributed by atoms with E-state index >= 15 is 0 Å². The van der Waals surface area contributed by atoms with Gasteiger partial charge in [-0.3, -0.25) is 10.1 Å². The molecule has 7 nitrogen and oxygen atoms in total. The van der Waals surface area contributed by atoms with Crippen molar-refractivity contribution in [3.63, 3.8) is 0 Å². The zero-order valence-corrected chi connectivity index (χ0v) is 13.3. The summed E-state index contributed by atoms with van der Waals surface area (Å²) in [5.74, 6) is 0. The summed E-state index contributed by atoms with van der Waals surface area (Å²) in [6, 6.07) is 1.20. The third-order valence-corrected chi connectivity index (χ3v) is 6.95. The normalized spacial score (nSPS) is 20.7. The molecule has 1 aliphatic rings. The molecule has 0 aromatic carbocycles. The van der Waals surface area contributed by atoms with E-state index in [-0.39, 0.29) is 20.3 Å². The first-order valence-corrected chi connectivity index (χ1v) is 8.47. The summed E-state index contributed by atoms with van der Waals surface area (Å²) >= 11 is 6.44. The Morgan fingerprint density at radius 1 is 1.55 bits per heavy atom. The van der Waals surface area contributed by atoms with Gasteiger partial charge in [0.25, 0.3) is 15.7 Å². The van der Waals surface area contributed by atoms with Crippen LogP contribution in [0, 0.1) is 10.1 Å². The van der Waals surface area contributed by atoms with E-state index in [4.69, 9.17) is 11.6 Å². The molecule has 1 aromatic heterocycles. The van der Waals surface area contributed by atoms with Gasteiger partial charge < -0.3 is 4.90 Å². The van der Waals surface area contributed by atoms with Crippen molar-refractivity contribution in [1.29, 1.82) is 0 Å². The van der Waals surface area contributed by atoms with E-state index < -0.39 is 14.9 Å². The monoisotopic (exact) mass is 339 g/mol. The highest BCUT2D eigenvalue weighted by Crippen LogP contribution is 2.38. The summed E-state index contributed by atoms with van der Waals surface area (Å²) in [4.78, 5) is 12.0.